The van der Waals surface area contributed by atoms with Gasteiger partial charge in [-0.15, -0.1) is 0 Å². The fourth-order valence-corrected chi connectivity index (χ4v) is 3.53. The summed E-state index contributed by atoms with van der Waals surface area (Å²) in [5.41, 5.74) is 2.22. The molecule has 0 amide bonds. The van der Waals surface area contributed by atoms with E-state index < -0.39 is 17.7 Å². The molecule has 2 aromatic carbocycles. The van der Waals surface area contributed by atoms with Crippen LogP contribution in [0.3, 0.4) is 0 Å². The summed E-state index contributed by atoms with van der Waals surface area (Å²) < 4.78 is 21.4. The molecule has 0 spiro atoms. The van der Waals surface area contributed by atoms with E-state index in [1.54, 1.807) is 6.07 Å². The van der Waals surface area contributed by atoms with Crippen LogP contribution in [0.2, 0.25) is 0 Å². The Bertz CT molecular complexity index is 1150. The van der Waals surface area contributed by atoms with Gasteiger partial charge in [0, 0.05) is 30.1 Å². The molecule has 0 aliphatic carbocycles. The molecule has 26 heavy (non-hydrogen) atoms. The number of benzene rings is 2. The average Bonchev–Trinajstić information content (AvgIpc) is 3.02. The Kier molecular flexibility index (Phi) is 3.49. The molecule has 0 radical (unpaired) electrons. The van der Waals surface area contributed by atoms with E-state index in [1.165, 1.54) is 12.1 Å². The van der Waals surface area contributed by atoms with E-state index in [4.69, 9.17) is 15.4 Å². The zero-order valence-electron chi connectivity index (χ0n) is 13.8. The number of rotatable bonds is 1. The Morgan fingerprint density at radius 1 is 1.19 bits per heavy atom. The molecule has 6 heteroatoms. The fourth-order valence-electron chi connectivity index (χ4n) is 3.53. The van der Waals surface area contributed by atoms with E-state index in [9.17, 15) is 9.65 Å². The molecule has 0 bridgehead atoms. The molecule has 4 rings (SSSR count). The lowest BCUT2D eigenvalue weighted by Crippen LogP contribution is -2.31. The quantitative estimate of drug-likeness (QED) is 0.728. The number of nitriles is 2. The van der Waals surface area contributed by atoms with Crippen molar-refractivity contribution < 1.29 is 9.13 Å². The highest BCUT2D eigenvalue weighted by atomic mass is 19.1. The first-order chi connectivity index (χ1) is 12.5. The van der Waals surface area contributed by atoms with Crippen molar-refractivity contribution in [2.75, 3.05) is 0 Å². The molecule has 126 valence electrons. The topological polar surface area (TPSA) is 85.6 Å². The molecule has 0 saturated carbocycles. The number of aromatic nitrogens is 1. The number of ether oxygens (including phenoxy) is 1. The van der Waals surface area contributed by atoms with Crippen LogP contribution in [0.5, 0.6) is 5.75 Å². The van der Waals surface area contributed by atoms with Crippen LogP contribution in [-0.4, -0.2) is 10.5 Å². The summed E-state index contributed by atoms with van der Waals surface area (Å²) in [5, 5.41) is 27.8. The van der Waals surface area contributed by atoms with Crippen molar-refractivity contribution in [2.45, 2.75) is 5.92 Å². The van der Waals surface area contributed by atoms with Crippen LogP contribution in [0, 0.1) is 39.8 Å². The van der Waals surface area contributed by atoms with E-state index in [1.807, 2.05) is 42.1 Å². The summed E-state index contributed by atoms with van der Waals surface area (Å²) >= 11 is 0. The molecule has 3 aromatic rings. The number of halogens is 1. The number of hydrogen-bond acceptors (Lipinski definition) is 4. The molecule has 2 atom stereocenters. The van der Waals surface area contributed by atoms with Crippen molar-refractivity contribution in [3.8, 4) is 17.9 Å². The van der Waals surface area contributed by atoms with Gasteiger partial charge in [0.1, 0.15) is 23.6 Å². The van der Waals surface area contributed by atoms with Crippen molar-refractivity contribution in [3.05, 3.63) is 65.1 Å². The van der Waals surface area contributed by atoms with E-state index in [0.29, 0.717) is 11.3 Å². The minimum absolute atomic E-state index is 0.0837. The number of nitrogens with one attached hydrogen (secondary N) is 1. The normalized spacial score (nSPS) is 18.7. The first kappa shape index (κ1) is 15.9. The molecular formula is C20H13FN4O. The summed E-state index contributed by atoms with van der Waals surface area (Å²) in [7, 11) is 1.91. The second-order valence-corrected chi connectivity index (χ2v) is 6.25. The van der Waals surface area contributed by atoms with Gasteiger partial charge >= 0.3 is 0 Å². The molecule has 1 aromatic heterocycles. The molecule has 5 nitrogen and oxygen atoms in total. The first-order valence-electron chi connectivity index (χ1n) is 7.98. The Hall–Kier alpha value is -3.64. The minimum atomic E-state index is -0.847. The monoisotopic (exact) mass is 344 g/mol. The smallest absolute Gasteiger partial charge is 0.205 e. The summed E-state index contributed by atoms with van der Waals surface area (Å²) in [6, 6.07) is 13.9. The van der Waals surface area contributed by atoms with E-state index in [0.717, 1.165) is 16.5 Å². The Morgan fingerprint density at radius 3 is 2.73 bits per heavy atom. The van der Waals surface area contributed by atoms with Crippen LogP contribution in [0.15, 0.2) is 42.6 Å². The van der Waals surface area contributed by atoms with Crippen LogP contribution in [-0.2, 0) is 7.05 Å². The molecule has 0 fully saturated rings. The van der Waals surface area contributed by atoms with Gasteiger partial charge in [-0.25, -0.2) is 4.39 Å². The van der Waals surface area contributed by atoms with Gasteiger partial charge in [-0.05, 0) is 29.8 Å². The maximum atomic E-state index is 13.7. The molecule has 1 N–H and O–H groups in total. The predicted molar refractivity (Wildman–Crippen MR) is 93.3 cm³/mol. The maximum Gasteiger partial charge on any atom is 0.205 e. The van der Waals surface area contributed by atoms with Crippen molar-refractivity contribution in [2.24, 2.45) is 13.0 Å². The predicted octanol–water partition coefficient (Wildman–Crippen LogP) is 3.83. The van der Waals surface area contributed by atoms with Crippen molar-refractivity contribution in [3.63, 3.8) is 0 Å². The molecule has 2 heterocycles. The lowest BCUT2D eigenvalue weighted by atomic mass is 9.78. The van der Waals surface area contributed by atoms with Gasteiger partial charge in [0.05, 0.1) is 17.1 Å². The number of hydrogen-bond donors (Lipinski definition) is 1. The summed E-state index contributed by atoms with van der Waals surface area (Å²) in [5.74, 6) is -1.57. The third-order valence-corrected chi connectivity index (χ3v) is 4.82. The summed E-state index contributed by atoms with van der Waals surface area (Å²) in [6.45, 7) is 0. The van der Waals surface area contributed by atoms with E-state index >= 15 is 0 Å². The molecule has 0 saturated heterocycles. The fraction of sp³-hybridized carbons (Fsp3) is 0.150. The average molecular weight is 344 g/mol. The van der Waals surface area contributed by atoms with Crippen LogP contribution >= 0.6 is 0 Å². The molecule has 1 aliphatic heterocycles. The van der Waals surface area contributed by atoms with Gasteiger partial charge < -0.3 is 9.30 Å². The minimum Gasteiger partial charge on any atom is -0.441 e. The molecule has 1 aliphatic rings. The third-order valence-electron chi connectivity index (χ3n) is 4.82. The van der Waals surface area contributed by atoms with Crippen molar-refractivity contribution in [1.29, 1.82) is 15.9 Å². The first-order valence-corrected chi connectivity index (χ1v) is 7.98. The lowest BCUT2D eigenvalue weighted by Gasteiger charge is -2.31. The van der Waals surface area contributed by atoms with E-state index in [2.05, 4.69) is 6.07 Å². The molecule has 2 unspecified atom stereocenters. The zero-order chi connectivity index (χ0) is 18.4. The standard InChI is InChI=1S/C20H13FN4O/c1-25-7-6-13-17(25)5-3-14-18(15(10-23)20(24)26-19(13)14)11-2-4-16(21)12(8-11)9-22/h2-8,15,18,24H,1H3. The highest BCUT2D eigenvalue weighted by molar-refractivity contribution is 5.95. The second-order valence-electron chi connectivity index (χ2n) is 6.25. The van der Waals surface area contributed by atoms with E-state index in [-0.39, 0.29) is 11.5 Å². The lowest BCUT2D eigenvalue weighted by molar-refractivity contribution is 0.455. The Balaban J connectivity index is 1.99. The summed E-state index contributed by atoms with van der Waals surface area (Å²) in [4.78, 5) is 0. The number of fused-ring (bicyclic) bond motifs is 3. The third kappa shape index (κ3) is 2.17. The van der Waals surface area contributed by atoms with Gasteiger partial charge in [-0.2, -0.15) is 10.5 Å². The Morgan fingerprint density at radius 2 is 2.00 bits per heavy atom. The van der Waals surface area contributed by atoms with Gasteiger partial charge in [0.2, 0.25) is 5.90 Å². The molecular weight excluding hydrogens is 331 g/mol. The van der Waals surface area contributed by atoms with Crippen LogP contribution in [0.4, 0.5) is 4.39 Å². The van der Waals surface area contributed by atoms with Crippen molar-refractivity contribution in [1.82, 2.24) is 4.57 Å². The maximum absolute atomic E-state index is 13.7. The van der Waals surface area contributed by atoms with Gasteiger partial charge in [0.15, 0.2) is 0 Å². The van der Waals surface area contributed by atoms with Gasteiger partial charge in [-0.3, -0.25) is 5.41 Å². The highest BCUT2D eigenvalue weighted by Crippen LogP contribution is 2.45. The highest BCUT2D eigenvalue weighted by Gasteiger charge is 2.38. The van der Waals surface area contributed by atoms with Crippen LogP contribution in [0.25, 0.3) is 10.9 Å². The van der Waals surface area contributed by atoms with Crippen molar-refractivity contribution >= 4 is 16.8 Å². The SMILES string of the molecule is Cn1ccc2c3c(ccc21)C(c1ccc(F)c(C#N)c1)C(C#N)C(=N)O3. The second kappa shape index (κ2) is 5.72. The van der Waals surface area contributed by atoms with Crippen LogP contribution in [0.1, 0.15) is 22.6 Å². The summed E-state index contributed by atoms with van der Waals surface area (Å²) in [6.07, 6.45) is 1.90. The largest absolute Gasteiger partial charge is 0.441 e. The number of aryl methyl sites for hydroxylation is 1. The zero-order valence-corrected chi connectivity index (χ0v) is 13.8. The number of nitrogens with zero attached hydrogens (tertiary/aromatic N) is 3. The van der Waals surface area contributed by atoms with Crippen LogP contribution < -0.4 is 4.74 Å². The van der Waals surface area contributed by atoms with Gasteiger partial charge in [-0.1, -0.05) is 12.1 Å². The van der Waals surface area contributed by atoms with Gasteiger partial charge in [0.25, 0.3) is 0 Å². The Labute approximate surface area is 149 Å².